The molecule has 7 nitrogen and oxygen atoms in total. The number of aryl methyl sites for hydroxylation is 1. The van der Waals surface area contributed by atoms with E-state index in [1.165, 1.54) is 0 Å². The van der Waals surface area contributed by atoms with Crippen molar-refractivity contribution in [3.05, 3.63) is 41.2 Å². The standard InChI is InChI=1S/C18H22F3N7/c1-3-27-12(2)14(8-23-27)10-26-6-4-5-13(9-26)15-7-16(18(19,20)21)28-17(25-15)22-11-24-28/h7-8,11,13H,3-6,9-10H2,1-2H3. The molecule has 4 heterocycles. The topological polar surface area (TPSA) is 64.1 Å². The van der Waals surface area contributed by atoms with E-state index in [2.05, 4.69) is 25.1 Å². The van der Waals surface area contributed by atoms with Gasteiger partial charge in [-0.05, 0) is 39.3 Å². The van der Waals surface area contributed by atoms with Crippen LogP contribution in [0.25, 0.3) is 5.78 Å². The summed E-state index contributed by atoms with van der Waals surface area (Å²) in [5, 5.41) is 8.04. The lowest BCUT2D eigenvalue weighted by atomic mass is 9.93. The van der Waals surface area contributed by atoms with Crippen molar-refractivity contribution in [1.29, 1.82) is 0 Å². The Balaban J connectivity index is 1.58. The van der Waals surface area contributed by atoms with Gasteiger partial charge in [0.1, 0.15) is 6.33 Å². The van der Waals surface area contributed by atoms with Crippen molar-refractivity contribution >= 4 is 5.78 Å². The molecule has 0 bridgehead atoms. The molecule has 0 aliphatic carbocycles. The van der Waals surface area contributed by atoms with Crippen molar-refractivity contribution in [2.75, 3.05) is 13.1 Å². The van der Waals surface area contributed by atoms with E-state index in [9.17, 15) is 13.2 Å². The van der Waals surface area contributed by atoms with Crippen molar-refractivity contribution in [2.45, 2.75) is 51.9 Å². The van der Waals surface area contributed by atoms with Gasteiger partial charge in [0.25, 0.3) is 5.78 Å². The molecule has 0 radical (unpaired) electrons. The van der Waals surface area contributed by atoms with Crippen LogP contribution in [0.3, 0.4) is 0 Å². The number of likely N-dealkylation sites (tertiary alicyclic amines) is 1. The number of piperidine rings is 1. The molecule has 1 aliphatic heterocycles. The molecular weight excluding hydrogens is 371 g/mol. The minimum absolute atomic E-state index is 0.0120. The highest BCUT2D eigenvalue weighted by Gasteiger charge is 2.36. The summed E-state index contributed by atoms with van der Waals surface area (Å²) >= 11 is 0. The first kappa shape index (κ1) is 18.9. The van der Waals surface area contributed by atoms with Crippen LogP contribution >= 0.6 is 0 Å². The molecule has 1 atom stereocenters. The molecule has 3 aromatic heterocycles. The van der Waals surface area contributed by atoms with Gasteiger partial charge in [0, 0.05) is 36.8 Å². The molecule has 10 heteroatoms. The molecule has 28 heavy (non-hydrogen) atoms. The van der Waals surface area contributed by atoms with Gasteiger partial charge in [-0.1, -0.05) is 0 Å². The predicted molar refractivity (Wildman–Crippen MR) is 95.7 cm³/mol. The summed E-state index contributed by atoms with van der Waals surface area (Å²) < 4.78 is 43.1. The molecule has 0 aromatic carbocycles. The summed E-state index contributed by atoms with van der Waals surface area (Å²) in [5.74, 6) is -0.0832. The predicted octanol–water partition coefficient (Wildman–Crippen LogP) is 3.05. The van der Waals surface area contributed by atoms with E-state index in [0.29, 0.717) is 12.2 Å². The molecule has 1 aliphatic rings. The number of rotatable bonds is 4. The molecule has 0 spiro atoms. The van der Waals surface area contributed by atoms with Crippen LogP contribution in [-0.4, -0.2) is 47.4 Å². The Morgan fingerprint density at radius 2 is 2.07 bits per heavy atom. The van der Waals surface area contributed by atoms with Crippen LogP contribution in [0, 0.1) is 6.92 Å². The third-order valence-corrected chi connectivity index (χ3v) is 5.38. The van der Waals surface area contributed by atoms with Gasteiger partial charge in [0.15, 0.2) is 5.69 Å². The van der Waals surface area contributed by atoms with Crippen molar-refractivity contribution < 1.29 is 13.2 Å². The second-order valence-corrected chi connectivity index (χ2v) is 7.18. The Hall–Kier alpha value is -2.49. The van der Waals surface area contributed by atoms with Gasteiger partial charge in [-0.3, -0.25) is 9.58 Å². The van der Waals surface area contributed by atoms with Gasteiger partial charge in [-0.25, -0.2) is 4.98 Å². The fourth-order valence-corrected chi connectivity index (χ4v) is 3.88. The van der Waals surface area contributed by atoms with E-state index < -0.39 is 11.9 Å². The van der Waals surface area contributed by atoms with Crippen molar-refractivity contribution in [2.24, 2.45) is 0 Å². The second-order valence-electron chi connectivity index (χ2n) is 7.18. The second kappa shape index (κ2) is 7.16. The number of nitrogens with zero attached hydrogens (tertiary/aromatic N) is 7. The number of fused-ring (bicyclic) bond motifs is 1. The molecule has 0 N–H and O–H groups in total. The summed E-state index contributed by atoms with van der Waals surface area (Å²) in [5.41, 5.74) is 1.88. The molecule has 0 saturated carbocycles. The third kappa shape index (κ3) is 3.48. The van der Waals surface area contributed by atoms with Crippen LogP contribution in [0.1, 0.15) is 48.3 Å². The Kier molecular flexibility index (Phi) is 4.82. The molecule has 1 fully saturated rings. The van der Waals surface area contributed by atoms with E-state index >= 15 is 0 Å². The lowest BCUT2D eigenvalue weighted by Crippen LogP contribution is -2.34. The minimum atomic E-state index is -4.51. The van der Waals surface area contributed by atoms with Crippen molar-refractivity contribution in [3.63, 3.8) is 0 Å². The highest BCUT2D eigenvalue weighted by atomic mass is 19.4. The van der Waals surface area contributed by atoms with Crippen LogP contribution in [0.15, 0.2) is 18.6 Å². The lowest BCUT2D eigenvalue weighted by molar-refractivity contribution is -0.142. The van der Waals surface area contributed by atoms with Gasteiger partial charge in [0.05, 0.1) is 11.9 Å². The smallest absolute Gasteiger partial charge is 0.298 e. The molecule has 4 rings (SSSR count). The average Bonchev–Trinajstić information content (AvgIpc) is 3.27. The normalized spacial score (nSPS) is 18.8. The third-order valence-electron chi connectivity index (χ3n) is 5.38. The Labute approximate surface area is 160 Å². The van der Waals surface area contributed by atoms with E-state index in [1.54, 1.807) is 0 Å². The lowest BCUT2D eigenvalue weighted by Gasteiger charge is -2.32. The Bertz CT molecular complexity index is 975. The Morgan fingerprint density at radius 3 is 2.79 bits per heavy atom. The van der Waals surface area contributed by atoms with Crippen molar-refractivity contribution in [1.82, 2.24) is 34.3 Å². The maximum atomic E-state index is 13.5. The quantitative estimate of drug-likeness (QED) is 0.682. The maximum Gasteiger partial charge on any atom is 0.433 e. The number of alkyl halides is 3. The average molecular weight is 393 g/mol. The number of halogens is 3. The zero-order chi connectivity index (χ0) is 19.9. The maximum absolute atomic E-state index is 13.5. The summed E-state index contributed by atoms with van der Waals surface area (Å²) in [6.45, 7) is 7.21. The van der Waals surface area contributed by atoms with E-state index in [0.717, 1.165) is 60.6 Å². The van der Waals surface area contributed by atoms with Crippen LogP contribution in [0.4, 0.5) is 13.2 Å². The monoisotopic (exact) mass is 393 g/mol. The first-order valence-electron chi connectivity index (χ1n) is 9.38. The fraction of sp³-hybridized carbons (Fsp3) is 0.556. The Morgan fingerprint density at radius 1 is 1.25 bits per heavy atom. The van der Waals surface area contributed by atoms with Crippen LogP contribution in [0.2, 0.25) is 0 Å². The highest BCUT2D eigenvalue weighted by molar-refractivity contribution is 5.33. The number of hydrogen-bond donors (Lipinski definition) is 0. The summed E-state index contributed by atoms with van der Waals surface area (Å²) in [7, 11) is 0. The molecular formula is C18H22F3N7. The zero-order valence-electron chi connectivity index (χ0n) is 15.8. The number of aromatic nitrogens is 6. The summed E-state index contributed by atoms with van der Waals surface area (Å²) in [6, 6.07) is 1.12. The SMILES string of the molecule is CCn1ncc(CN2CCCC(c3cc(C(F)(F)F)n4ncnc4n3)C2)c1C. The number of hydrogen-bond acceptors (Lipinski definition) is 5. The summed E-state index contributed by atoms with van der Waals surface area (Å²) in [4.78, 5) is 10.5. The van der Waals surface area contributed by atoms with Crippen LogP contribution in [0.5, 0.6) is 0 Å². The van der Waals surface area contributed by atoms with Gasteiger partial charge >= 0.3 is 6.18 Å². The zero-order valence-corrected chi connectivity index (χ0v) is 15.8. The largest absolute Gasteiger partial charge is 0.433 e. The molecule has 150 valence electrons. The minimum Gasteiger partial charge on any atom is -0.298 e. The van der Waals surface area contributed by atoms with Crippen LogP contribution < -0.4 is 0 Å². The van der Waals surface area contributed by atoms with Gasteiger partial charge < -0.3 is 0 Å². The van der Waals surface area contributed by atoms with Gasteiger partial charge in [0.2, 0.25) is 0 Å². The molecule has 1 saturated heterocycles. The molecule has 3 aromatic rings. The first-order chi connectivity index (χ1) is 13.4. The van der Waals surface area contributed by atoms with E-state index in [-0.39, 0.29) is 11.7 Å². The van der Waals surface area contributed by atoms with E-state index in [4.69, 9.17) is 0 Å². The molecule has 1 unspecified atom stereocenters. The van der Waals surface area contributed by atoms with Gasteiger partial charge in [-0.15, -0.1) is 0 Å². The van der Waals surface area contributed by atoms with Crippen LogP contribution in [-0.2, 0) is 19.3 Å². The van der Waals surface area contributed by atoms with Crippen molar-refractivity contribution in [3.8, 4) is 0 Å². The first-order valence-corrected chi connectivity index (χ1v) is 9.38. The highest BCUT2D eigenvalue weighted by Crippen LogP contribution is 2.33. The molecule has 0 amide bonds. The summed E-state index contributed by atoms with van der Waals surface area (Å²) in [6.07, 6.45) is 0.183. The fourth-order valence-electron chi connectivity index (χ4n) is 3.88. The van der Waals surface area contributed by atoms with E-state index in [1.807, 2.05) is 24.7 Å². The van der Waals surface area contributed by atoms with Gasteiger partial charge in [-0.2, -0.15) is 32.9 Å².